The summed E-state index contributed by atoms with van der Waals surface area (Å²) in [6.45, 7) is 0. The number of nitrogen functional groups attached to an aromatic ring is 1. The molecule has 0 atom stereocenters. The molecule has 0 saturated carbocycles. The van der Waals surface area contributed by atoms with Gasteiger partial charge < -0.3 is 10.5 Å². The number of nitrogens with two attached hydrogens (primary N) is 1. The Hall–Kier alpha value is -2.48. The van der Waals surface area contributed by atoms with Crippen LogP contribution in [0.25, 0.3) is 0 Å². The molecule has 1 aromatic rings. The Morgan fingerprint density at radius 3 is 2.53 bits per heavy atom. The van der Waals surface area contributed by atoms with Gasteiger partial charge in [-0.3, -0.25) is 0 Å². The zero-order chi connectivity index (χ0) is 13.1. The standard InChI is InChI=1S/C9H5F3N4O/c10-9(11,12)17-7-3-5(4-14)8(15)16-6(7)1-2-13/h3H,1H2,(H2,15,16). The first kappa shape index (κ1) is 12.6. The molecule has 2 N–H and O–H groups in total. The molecule has 1 heterocycles. The summed E-state index contributed by atoms with van der Waals surface area (Å²) in [6, 6.07) is 4.01. The van der Waals surface area contributed by atoms with Crippen molar-refractivity contribution in [2.75, 3.05) is 5.73 Å². The number of nitriles is 2. The van der Waals surface area contributed by atoms with E-state index in [-0.39, 0.29) is 17.1 Å². The molecular formula is C9H5F3N4O. The summed E-state index contributed by atoms with van der Waals surface area (Å²) in [5.41, 5.74) is 4.81. The molecule has 0 radical (unpaired) electrons. The quantitative estimate of drug-likeness (QED) is 0.847. The van der Waals surface area contributed by atoms with Crippen LogP contribution in [0.15, 0.2) is 6.07 Å². The van der Waals surface area contributed by atoms with Crippen molar-refractivity contribution in [2.45, 2.75) is 12.8 Å². The number of aromatic nitrogens is 1. The van der Waals surface area contributed by atoms with Crippen molar-refractivity contribution >= 4 is 5.82 Å². The van der Waals surface area contributed by atoms with Gasteiger partial charge in [-0.15, -0.1) is 13.2 Å². The normalized spacial score (nSPS) is 10.4. The highest BCUT2D eigenvalue weighted by molar-refractivity contribution is 5.53. The molecule has 1 rings (SSSR count). The Morgan fingerprint density at radius 1 is 1.41 bits per heavy atom. The molecule has 0 amide bonds. The van der Waals surface area contributed by atoms with Crippen molar-refractivity contribution in [3.63, 3.8) is 0 Å². The van der Waals surface area contributed by atoms with E-state index >= 15 is 0 Å². The van der Waals surface area contributed by atoms with Gasteiger partial charge in [0.15, 0.2) is 5.75 Å². The lowest BCUT2D eigenvalue weighted by atomic mass is 10.2. The van der Waals surface area contributed by atoms with Gasteiger partial charge in [-0.2, -0.15) is 10.5 Å². The van der Waals surface area contributed by atoms with E-state index in [2.05, 4.69) is 9.72 Å². The average molecular weight is 242 g/mol. The Bertz CT molecular complexity index is 513. The minimum absolute atomic E-state index is 0.243. The summed E-state index contributed by atoms with van der Waals surface area (Å²) < 4.78 is 39.8. The zero-order valence-corrected chi connectivity index (χ0v) is 8.25. The lowest BCUT2D eigenvalue weighted by Gasteiger charge is -2.12. The summed E-state index contributed by atoms with van der Waals surface area (Å²) in [6.07, 6.45) is -5.32. The molecule has 1 aromatic heterocycles. The van der Waals surface area contributed by atoms with Gasteiger partial charge in [0.2, 0.25) is 0 Å². The van der Waals surface area contributed by atoms with Crippen LogP contribution in [0.5, 0.6) is 5.75 Å². The number of hydrogen-bond donors (Lipinski definition) is 1. The highest BCUT2D eigenvalue weighted by Gasteiger charge is 2.32. The monoisotopic (exact) mass is 242 g/mol. The fourth-order valence-corrected chi connectivity index (χ4v) is 1.05. The largest absolute Gasteiger partial charge is 0.573 e. The molecule has 0 aliphatic rings. The smallest absolute Gasteiger partial charge is 0.404 e. The minimum atomic E-state index is -4.92. The van der Waals surface area contributed by atoms with E-state index < -0.39 is 18.5 Å². The summed E-state index contributed by atoms with van der Waals surface area (Å²) in [5, 5.41) is 17.0. The SMILES string of the molecule is N#CCc1nc(N)c(C#N)cc1OC(F)(F)F. The Morgan fingerprint density at radius 2 is 2.06 bits per heavy atom. The van der Waals surface area contributed by atoms with Crippen LogP contribution in [0.4, 0.5) is 19.0 Å². The fourth-order valence-electron chi connectivity index (χ4n) is 1.05. The molecule has 0 aliphatic heterocycles. The molecule has 0 unspecified atom stereocenters. The van der Waals surface area contributed by atoms with Gasteiger partial charge in [0.1, 0.15) is 11.9 Å². The number of rotatable bonds is 2. The van der Waals surface area contributed by atoms with Gasteiger partial charge in [-0.25, -0.2) is 4.98 Å². The third kappa shape index (κ3) is 3.24. The van der Waals surface area contributed by atoms with Crippen LogP contribution < -0.4 is 10.5 Å². The number of halogens is 3. The molecule has 0 bridgehead atoms. The van der Waals surface area contributed by atoms with E-state index in [0.29, 0.717) is 0 Å². The lowest BCUT2D eigenvalue weighted by Crippen LogP contribution is -2.19. The molecule has 0 aromatic carbocycles. The number of ether oxygens (including phenoxy) is 1. The number of pyridine rings is 1. The van der Waals surface area contributed by atoms with Crippen LogP contribution in [0.3, 0.4) is 0 Å². The van der Waals surface area contributed by atoms with Crippen LogP contribution in [0.1, 0.15) is 11.3 Å². The summed E-state index contributed by atoms with van der Waals surface area (Å²) >= 11 is 0. The van der Waals surface area contributed by atoms with Gasteiger partial charge >= 0.3 is 6.36 Å². The molecule has 17 heavy (non-hydrogen) atoms. The molecule has 0 aliphatic carbocycles. The third-order valence-corrected chi connectivity index (χ3v) is 1.68. The second kappa shape index (κ2) is 4.58. The first-order valence-electron chi connectivity index (χ1n) is 4.19. The topological polar surface area (TPSA) is 95.7 Å². The maximum Gasteiger partial charge on any atom is 0.573 e. The van der Waals surface area contributed by atoms with E-state index in [1.165, 1.54) is 0 Å². The highest BCUT2D eigenvalue weighted by atomic mass is 19.4. The van der Waals surface area contributed by atoms with Crippen molar-refractivity contribution in [1.82, 2.24) is 4.98 Å². The van der Waals surface area contributed by atoms with Gasteiger partial charge in [-0.1, -0.05) is 0 Å². The van der Waals surface area contributed by atoms with E-state index in [0.717, 1.165) is 6.07 Å². The summed E-state index contributed by atoms with van der Waals surface area (Å²) in [5.74, 6) is -0.933. The third-order valence-electron chi connectivity index (χ3n) is 1.68. The van der Waals surface area contributed by atoms with Crippen LogP contribution in [0, 0.1) is 22.7 Å². The van der Waals surface area contributed by atoms with Crippen molar-refractivity contribution in [2.24, 2.45) is 0 Å². The minimum Gasteiger partial charge on any atom is -0.404 e. The van der Waals surface area contributed by atoms with Crippen molar-refractivity contribution in [1.29, 1.82) is 10.5 Å². The molecule has 0 fully saturated rings. The van der Waals surface area contributed by atoms with Crippen molar-refractivity contribution in [3.8, 4) is 17.9 Å². The molecular weight excluding hydrogens is 237 g/mol. The van der Waals surface area contributed by atoms with Crippen LogP contribution in [-0.4, -0.2) is 11.3 Å². The fraction of sp³-hybridized carbons (Fsp3) is 0.222. The Kier molecular flexibility index (Phi) is 3.39. The number of hydrogen-bond acceptors (Lipinski definition) is 5. The van der Waals surface area contributed by atoms with Gasteiger partial charge in [0, 0.05) is 6.07 Å². The maximum atomic E-state index is 12.1. The van der Waals surface area contributed by atoms with Crippen LogP contribution in [0.2, 0.25) is 0 Å². The van der Waals surface area contributed by atoms with E-state index in [9.17, 15) is 13.2 Å². The number of anilines is 1. The van der Waals surface area contributed by atoms with Crippen molar-refractivity contribution in [3.05, 3.63) is 17.3 Å². The first-order chi connectivity index (χ1) is 7.87. The van der Waals surface area contributed by atoms with Crippen LogP contribution in [-0.2, 0) is 6.42 Å². The molecule has 88 valence electrons. The Balaban J connectivity index is 3.26. The summed E-state index contributed by atoms with van der Waals surface area (Å²) in [4.78, 5) is 3.53. The molecule has 0 spiro atoms. The Labute approximate surface area is 93.8 Å². The van der Waals surface area contributed by atoms with Gasteiger partial charge in [0.05, 0.1) is 23.7 Å². The van der Waals surface area contributed by atoms with E-state index in [1.807, 2.05) is 0 Å². The highest BCUT2D eigenvalue weighted by Crippen LogP contribution is 2.28. The van der Waals surface area contributed by atoms with E-state index in [4.69, 9.17) is 16.3 Å². The second-order valence-electron chi connectivity index (χ2n) is 2.86. The molecule has 8 heteroatoms. The molecule has 5 nitrogen and oxygen atoms in total. The summed E-state index contributed by atoms with van der Waals surface area (Å²) in [7, 11) is 0. The number of nitrogens with zero attached hydrogens (tertiary/aromatic N) is 3. The maximum absolute atomic E-state index is 12.1. The lowest BCUT2D eigenvalue weighted by molar-refractivity contribution is -0.275. The van der Waals surface area contributed by atoms with Gasteiger partial charge in [0.25, 0.3) is 0 Å². The predicted molar refractivity (Wildman–Crippen MR) is 49.4 cm³/mol. The first-order valence-corrected chi connectivity index (χ1v) is 4.19. The van der Waals surface area contributed by atoms with Gasteiger partial charge in [-0.05, 0) is 0 Å². The van der Waals surface area contributed by atoms with Crippen molar-refractivity contribution < 1.29 is 17.9 Å². The molecule has 0 saturated heterocycles. The zero-order valence-electron chi connectivity index (χ0n) is 8.25. The average Bonchev–Trinajstić information content (AvgIpc) is 2.20. The number of alkyl halides is 3. The second-order valence-corrected chi connectivity index (χ2v) is 2.86. The van der Waals surface area contributed by atoms with Crippen LogP contribution >= 0.6 is 0 Å². The van der Waals surface area contributed by atoms with E-state index in [1.54, 1.807) is 12.1 Å². The predicted octanol–water partition coefficient (Wildman–Crippen LogP) is 1.50.